The number of rotatable bonds is 4. The van der Waals surface area contributed by atoms with Gasteiger partial charge in [0, 0.05) is 24.0 Å². The molecule has 3 heterocycles. The molecule has 23 heavy (non-hydrogen) atoms. The molecule has 0 saturated heterocycles. The maximum absolute atomic E-state index is 9.16. The monoisotopic (exact) mass is 306 g/mol. The molecule has 0 unspecified atom stereocenters. The molecule has 116 valence electrons. The van der Waals surface area contributed by atoms with Gasteiger partial charge in [-0.15, -0.1) is 0 Å². The Balaban J connectivity index is 1.65. The number of nitrogens with zero attached hydrogens (tertiary/aromatic N) is 5. The standard InChI is InChI=1S/C17H18N6/c18-7-5-15(12-3-1-2-4-12)23-11-14(10-21-23)17-20-9-13-6-8-19-16(13)22-17/h6,8-12,15H,1-5H2,(H,19,20,22)/t15-/m1/s1. The van der Waals surface area contributed by atoms with Crippen molar-refractivity contribution in [3.8, 4) is 17.5 Å². The summed E-state index contributed by atoms with van der Waals surface area (Å²) in [6, 6.07) is 4.42. The van der Waals surface area contributed by atoms with E-state index in [0.29, 0.717) is 18.2 Å². The van der Waals surface area contributed by atoms with Crippen LogP contribution in [0.3, 0.4) is 0 Å². The maximum atomic E-state index is 9.16. The van der Waals surface area contributed by atoms with E-state index in [9.17, 15) is 0 Å². The van der Waals surface area contributed by atoms with Gasteiger partial charge in [0.1, 0.15) is 5.65 Å². The zero-order valence-electron chi connectivity index (χ0n) is 12.8. The van der Waals surface area contributed by atoms with Crippen LogP contribution in [0.1, 0.15) is 38.1 Å². The number of nitriles is 1. The van der Waals surface area contributed by atoms with Crippen LogP contribution in [0.4, 0.5) is 0 Å². The summed E-state index contributed by atoms with van der Waals surface area (Å²) in [6.45, 7) is 0. The number of hydrogen-bond donors (Lipinski definition) is 1. The molecule has 1 aliphatic rings. The Morgan fingerprint density at radius 1 is 1.35 bits per heavy atom. The molecule has 0 radical (unpaired) electrons. The van der Waals surface area contributed by atoms with Gasteiger partial charge in [-0.2, -0.15) is 10.4 Å². The van der Waals surface area contributed by atoms with Gasteiger partial charge in [-0.05, 0) is 24.8 Å². The first kappa shape index (κ1) is 13.9. The molecule has 6 nitrogen and oxygen atoms in total. The molecular formula is C17H18N6. The summed E-state index contributed by atoms with van der Waals surface area (Å²) in [5.74, 6) is 1.21. The molecular weight excluding hydrogens is 288 g/mol. The molecule has 3 aromatic heterocycles. The molecule has 0 aliphatic heterocycles. The molecule has 0 spiro atoms. The molecule has 0 amide bonds. The lowest BCUT2D eigenvalue weighted by Gasteiger charge is -2.21. The Hall–Kier alpha value is -2.68. The molecule has 1 N–H and O–H groups in total. The second-order valence-corrected chi connectivity index (χ2v) is 6.16. The topological polar surface area (TPSA) is 83.2 Å². The molecule has 0 aromatic carbocycles. The largest absolute Gasteiger partial charge is 0.346 e. The van der Waals surface area contributed by atoms with Crippen LogP contribution in [0.2, 0.25) is 0 Å². The average Bonchev–Trinajstić information content (AvgIpc) is 3.32. The van der Waals surface area contributed by atoms with Crippen LogP contribution < -0.4 is 0 Å². The zero-order chi connectivity index (χ0) is 15.6. The fourth-order valence-corrected chi connectivity index (χ4v) is 3.52. The van der Waals surface area contributed by atoms with Gasteiger partial charge in [0.2, 0.25) is 0 Å². The van der Waals surface area contributed by atoms with Crippen molar-refractivity contribution in [2.24, 2.45) is 5.92 Å². The Morgan fingerprint density at radius 3 is 3.04 bits per heavy atom. The Morgan fingerprint density at radius 2 is 2.22 bits per heavy atom. The van der Waals surface area contributed by atoms with Crippen molar-refractivity contribution >= 4 is 11.0 Å². The van der Waals surface area contributed by atoms with E-state index in [-0.39, 0.29) is 6.04 Å². The van der Waals surface area contributed by atoms with Gasteiger partial charge in [-0.3, -0.25) is 4.68 Å². The summed E-state index contributed by atoms with van der Waals surface area (Å²) in [5.41, 5.74) is 1.72. The summed E-state index contributed by atoms with van der Waals surface area (Å²) in [6.07, 6.45) is 12.8. The highest BCUT2D eigenvalue weighted by atomic mass is 15.3. The number of H-pyrrole nitrogens is 1. The summed E-state index contributed by atoms with van der Waals surface area (Å²) in [7, 11) is 0. The first-order valence-corrected chi connectivity index (χ1v) is 8.07. The van der Waals surface area contributed by atoms with Crippen LogP contribution in [-0.4, -0.2) is 24.7 Å². The zero-order valence-corrected chi connectivity index (χ0v) is 12.8. The fourth-order valence-electron chi connectivity index (χ4n) is 3.52. The minimum atomic E-state index is 0.158. The predicted molar refractivity (Wildman–Crippen MR) is 86.3 cm³/mol. The molecule has 6 heteroatoms. The van der Waals surface area contributed by atoms with Crippen LogP contribution in [0, 0.1) is 17.2 Å². The quantitative estimate of drug-likeness (QED) is 0.800. The van der Waals surface area contributed by atoms with Crippen LogP contribution >= 0.6 is 0 Å². The van der Waals surface area contributed by atoms with E-state index in [1.54, 1.807) is 6.20 Å². The van der Waals surface area contributed by atoms with Gasteiger partial charge >= 0.3 is 0 Å². The first-order chi connectivity index (χ1) is 11.3. The lowest BCUT2D eigenvalue weighted by molar-refractivity contribution is 0.315. The highest BCUT2D eigenvalue weighted by Gasteiger charge is 2.27. The van der Waals surface area contributed by atoms with Crippen molar-refractivity contribution in [2.75, 3.05) is 0 Å². The highest BCUT2D eigenvalue weighted by Crippen LogP contribution is 2.36. The molecule has 4 rings (SSSR count). The normalized spacial score (nSPS) is 16.7. The van der Waals surface area contributed by atoms with Crippen molar-refractivity contribution in [3.05, 3.63) is 30.9 Å². The third-order valence-electron chi connectivity index (χ3n) is 4.74. The number of aromatic nitrogens is 5. The van der Waals surface area contributed by atoms with Crippen molar-refractivity contribution in [1.82, 2.24) is 24.7 Å². The van der Waals surface area contributed by atoms with E-state index in [1.165, 1.54) is 25.7 Å². The van der Waals surface area contributed by atoms with E-state index >= 15 is 0 Å². The minimum absolute atomic E-state index is 0.158. The van der Waals surface area contributed by atoms with Crippen LogP contribution in [-0.2, 0) is 0 Å². The molecule has 3 aromatic rings. The number of nitrogens with one attached hydrogen (secondary N) is 1. The number of fused-ring (bicyclic) bond motifs is 1. The van der Waals surface area contributed by atoms with E-state index < -0.39 is 0 Å². The number of hydrogen-bond acceptors (Lipinski definition) is 4. The summed E-state index contributed by atoms with van der Waals surface area (Å²) >= 11 is 0. The maximum Gasteiger partial charge on any atom is 0.164 e. The van der Waals surface area contributed by atoms with E-state index in [2.05, 4.69) is 26.1 Å². The summed E-state index contributed by atoms with van der Waals surface area (Å²) in [4.78, 5) is 12.1. The molecule has 1 atom stereocenters. The van der Waals surface area contributed by atoms with Gasteiger partial charge in [-0.25, -0.2) is 9.97 Å². The molecule has 1 aliphatic carbocycles. The lowest BCUT2D eigenvalue weighted by atomic mass is 9.96. The second-order valence-electron chi connectivity index (χ2n) is 6.16. The smallest absolute Gasteiger partial charge is 0.164 e. The van der Waals surface area contributed by atoms with Crippen molar-refractivity contribution in [2.45, 2.75) is 38.1 Å². The third-order valence-corrected chi connectivity index (χ3v) is 4.74. The average molecular weight is 306 g/mol. The lowest BCUT2D eigenvalue weighted by Crippen LogP contribution is -2.17. The van der Waals surface area contributed by atoms with Crippen LogP contribution in [0.5, 0.6) is 0 Å². The highest BCUT2D eigenvalue weighted by molar-refractivity contribution is 5.76. The van der Waals surface area contributed by atoms with Gasteiger partial charge in [0.25, 0.3) is 0 Å². The number of aromatic amines is 1. The van der Waals surface area contributed by atoms with Crippen LogP contribution in [0.25, 0.3) is 22.4 Å². The Bertz CT molecular complexity index is 849. The Kier molecular flexibility index (Phi) is 3.54. The van der Waals surface area contributed by atoms with Gasteiger partial charge in [0.05, 0.1) is 30.3 Å². The molecule has 1 fully saturated rings. The SMILES string of the molecule is N#CC[C@H](C1CCCC1)n1cc(-c2ncc3cc[nH]c3n2)cn1. The second kappa shape index (κ2) is 5.84. The van der Waals surface area contributed by atoms with Crippen molar-refractivity contribution < 1.29 is 0 Å². The summed E-state index contributed by atoms with van der Waals surface area (Å²) in [5, 5.41) is 14.7. The van der Waals surface area contributed by atoms with Crippen LogP contribution in [0.15, 0.2) is 30.9 Å². The fraction of sp³-hybridized carbons (Fsp3) is 0.412. The predicted octanol–water partition coefficient (Wildman–Crippen LogP) is 3.47. The summed E-state index contributed by atoms with van der Waals surface area (Å²) < 4.78 is 1.94. The third kappa shape index (κ3) is 2.59. The van der Waals surface area contributed by atoms with E-state index in [0.717, 1.165) is 16.6 Å². The van der Waals surface area contributed by atoms with E-state index in [1.807, 2.05) is 29.3 Å². The Labute approximate surface area is 134 Å². The van der Waals surface area contributed by atoms with Gasteiger partial charge < -0.3 is 4.98 Å². The van der Waals surface area contributed by atoms with Crippen molar-refractivity contribution in [3.63, 3.8) is 0 Å². The van der Waals surface area contributed by atoms with Gasteiger partial charge in [0.15, 0.2) is 5.82 Å². The van der Waals surface area contributed by atoms with Crippen molar-refractivity contribution in [1.29, 1.82) is 5.26 Å². The minimum Gasteiger partial charge on any atom is -0.346 e. The van der Waals surface area contributed by atoms with Gasteiger partial charge in [-0.1, -0.05) is 12.8 Å². The van der Waals surface area contributed by atoms with E-state index in [4.69, 9.17) is 5.26 Å². The molecule has 1 saturated carbocycles. The first-order valence-electron chi connectivity index (χ1n) is 8.07. The molecule has 0 bridgehead atoms.